The number of hydrogen-bond donors (Lipinski definition) is 0. The maximum absolute atomic E-state index is 3.72. The van der Waals surface area contributed by atoms with Crippen molar-refractivity contribution in [1.29, 1.82) is 0 Å². The summed E-state index contributed by atoms with van der Waals surface area (Å²) in [6.07, 6.45) is 4.72. The van der Waals surface area contributed by atoms with Crippen LogP contribution in [0.15, 0.2) is 34.6 Å². The van der Waals surface area contributed by atoms with Crippen molar-refractivity contribution in [3.05, 3.63) is 40.3 Å². The van der Waals surface area contributed by atoms with Gasteiger partial charge in [0.2, 0.25) is 0 Å². The van der Waals surface area contributed by atoms with Crippen LogP contribution in [0.2, 0.25) is 0 Å². The summed E-state index contributed by atoms with van der Waals surface area (Å²) in [5, 5.41) is 2.13. The summed E-state index contributed by atoms with van der Waals surface area (Å²) in [6.45, 7) is 8.29. The van der Waals surface area contributed by atoms with Crippen LogP contribution in [-0.4, -0.2) is 0 Å². The molecule has 0 N–H and O–H groups in total. The Morgan fingerprint density at radius 1 is 1.46 bits per heavy atom. The van der Waals surface area contributed by atoms with Crippen molar-refractivity contribution in [1.82, 2.24) is 0 Å². The van der Waals surface area contributed by atoms with Crippen LogP contribution in [0.4, 0.5) is 0 Å². The minimum absolute atomic E-state index is 0. The minimum atomic E-state index is 0. The third kappa shape index (κ3) is 3.37. The Balaban J connectivity index is 0.00000144. The topological polar surface area (TPSA) is 3.88 Å². The molecule has 0 bridgehead atoms. The molecule has 0 aliphatic carbocycles. The van der Waals surface area contributed by atoms with Gasteiger partial charge in [-0.15, -0.1) is 6.58 Å². The van der Waals surface area contributed by atoms with Crippen LogP contribution in [0.5, 0.6) is 0 Å². The predicted molar refractivity (Wildman–Crippen MR) is 56.3 cm³/mol. The van der Waals surface area contributed by atoms with Crippen molar-refractivity contribution in [3.8, 4) is 0 Å². The molecule has 1 heterocycles. The second-order valence-electron chi connectivity index (χ2n) is 2.37. The Hall–Kier alpha value is 0.0700. The standard InChI is InChI=1S/C9H11BrNS.BrH/c1-3-5-8-7-12-9(10)11(8)6-4-2;/h3-4,7H,1-2,5-6H2;1H/q+1;/p-1. The molecule has 1 nitrogen and oxygen atoms in total. The van der Waals surface area contributed by atoms with Crippen LogP contribution < -0.4 is 21.5 Å². The van der Waals surface area contributed by atoms with Gasteiger partial charge in [0.1, 0.15) is 0 Å². The quantitative estimate of drug-likeness (QED) is 0.530. The highest BCUT2D eigenvalue weighted by Crippen LogP contribution is 2.14. The van der Waals surface area contributed by atoms with E-state index in [9.17, 15) is 0 Å². The summed E-state index contributed by atoms with van der Waals surface area (Å²) < 4.78 is 3.32. The first-order valence-electron chi connectivity index (χ1n) is 3.67. The first-order valence-corrected chi connectivity index (χ1v) is 5.34. The monoisotopic (exact) mass is 323 g/mol. The van der Waals surface area contributed by atoms with Gasteiger partial charge in [-0.1, -0.05) is 24.0 Å². The third-order valence-corrected chi connectivity index (χ3v) is 3.31. The summed E-state index contributed by atoms with van der Waals surface area (Å²) in [4.78, 5) is 0. The molecule has 4 heteroatoms. The molecule has 0 spiro atoms. The van der Waals surface area contributed by atoms with E-state index in [-0.39, 0.29) is 17.0 Å². The van der Waals surface area contributed by atoms with E-state index in [4.69, 9.17) is 0 Å². The number of nitrogens with zero attached hydrogens (tertiary/aromatic N) is 1. The normalized spacial score (nSPS) is 9.00. The molecule has 0 aliphatic heterocycles. The van der Waals surface area contributed by atoms with Crippen molar-refractivity contribution in [2.45, 2.75) is 13.0 Å². The number of halogens is 2. The lowest BCUT2D eigenvalue weighted by Crippen LogP contribution is -3.00. The third-order valence-electron chi connectivity index (χ3n) is 1.52. The first kappa shape index (κ1) is 13.1. The molecule has 0 radical (unpaired) electrons. The summed E-state index contributed by atoms with van der Waals surface area (Å²) in [7, 11) is 0. The van der Waals surface area contributed by atoms with Crippen molar-refractivity contribution in [2.75, 3.05) is 0 Å². The van der Waals surface area contributed by atoms with Gasteiger partial charge in [0.15, 0.2) is 12.2 Å². The van der Waals surface area contributed by atoms with E-state index in [0.717, 1.165) is 16.9 Å². The van der Waals surface area contributed by atoms with E-state index in [1.165, 1.54) is 5.69 Å². The van der Waals surface area contributed by atoms with Crippen LogP contribution >= 0.6 is 27.3 Å². The van der Waals surface area contributed by atoms with Gasteiger partial charge >= 0.3 is 3.92 Å². The maximum Gasteiger partial charge on any atom is 0.305 e. The number of allylic oxidation sites excluding steroid dienone is 2. The lowest BCUT2D eigenvalue weighted by atomic mass is 10.3. The van der Waals surface area contributed by atoms with Gasteiger partial charge in [-0.2, -0.15) is 4.57 Å². The van der Waals surface area contributed by atoms with Crippen molar-refractivity contribution >= 4 is 27.3 Å². The number of aromatic nitrogens is 1. The van der Waals surface area contributed by atoms with Crippen LogP contribution in [0.25, 0.3) is 0 Å². The van der Waals surface area contributed by atoms with Gasteiger partial charge in [0.25, 0.3) is 0 Å². The highest BCUT2D eigenvalue weighted by molar-refractivity contribution is 9.11. The van der Waals surface area contributed by atoms with E-state index >= 15 is 0 Å². The number of hydrogen-bond acceptors (Lipinski definition) is 1. The molecular formula is C9H11Br2NS. The second kappa shape index (κ2) is 6.51. The van der Waals surface area contributed by atoms with E-state index in [1.54, 1.807) is 11.3 Å². The molecule has 0 amide bonds. The van der Waals surface area contributed by atoms with Gasteiger partial charge in [-0.3, -0.25) is 0 Å². The molecule has 0 saturated carbocycles. The molecule has 13 heavy (non-hydrogen) atoms. The average Bonchev–Trinajstić information content (AvgIpc) is 2.37. The lowest BCUT2D eigenvalue weighted by Gasteiger charge is -1.91. The van der Waals surface area contributed by atoms with Crippen molar-refractivity contribution in [2.24, 2.45) is 0 Å². The van der Waals surface area contributed by atoms with Crippen molar-refractivity contribution in [3.63, 3.8) is 0 Å². The van der Waals surface area contributed by atoms with E-state index in [1.807, 2.05) is 12.2 Å². The van der Waals surface area contributed by atoms with Gasteiger partial charge in [-0.25, -0.2) is 0 Å². The smallest absolute Gasteiger partial charge is 0.305 e. The Labute approximate surface area is 102 Å². The van der Waals surface area contributed by atoms with E-state index < -0.39 is 0 Å². The van der Waals surface area contributed by atoms with E-state index in [0.29, 0.717) is 0 Å². The predicted octanol–water partition coefficient (Wildman–Crippen LogP) is -0.283. The van der Waals surface area contributed by atoms with Crippen molar-refractivity contribution < 1.29 is 21.5 Å². The van der Waals surface area contributed by atoms with Gasteiger partial charge in [0, 0.05) is 15.9 Å². The Bertz CT molecular complexity index is 294. The highest BCUT2D eigenvalue weighted by Gasteiger charge is 2.14. The summed E-state index contributed by atoms with van der Waals surface area (Å²) in [5.41, 5.74) is 1.28. The van der Waals surface area contributed by atoms with Crippen LogP contribution in [0.1, 0.15) is 5.69 Å². The van der Waals surface area contributed by atoms with Gasteiger partial charge in [-0.05, 0) is 6.08 Å². The molecular weight excluding hydrogens is 314 g/mol. The largest absolute Gasteiger partial charge is 1.00 e. The zero-order valence-corrected chi connectivity index (χ0v) is 11.2. The fourth-order valence-electron chi connectivity index (χ4n) is 0.981. The fraction of sp³-hybridized carbons (Fsp3) is 0.222. The lowest BCUT2D eigenvalue weighted by molar-refractivity contribution is -0.699. The molecule has 72 valence electrons. The Kier molecular flexibility index (Phi) is 6.55. The van der Waals surface area contributed by atoms with Crippen LogP contribution in [-0.2, 0) is 13.0 Å². The summed E-state index contributed by atoms with van der Waals surface area (Å²) >= 11 is 5.18. The highest BCUT2D eigenvalue weighted by atomic mass is 79.9. The Morgan fingerprint density at radius 2 is 2.15 bits per heavy atom. The minimum Gasteiger partial charge on any atom is -1.00 e. The summed E-state index contributed by atoms with van der Waals surface area (Å²) in [6, 6.07) is 0. The molecule has 0 aromatic carbocycles. The molecule has 1 aromatic rings. The zero-order valence-electron chi connectivity index (χ0n) is 7.17. The second-order valence-corrected chi connectivity index (χ2v) is 4.51. The molecule has 0 fully saturated rings. The van der Waals surface area contributed by atoms with Crippen LogP contribution in [0.3, 0.4) is 0 Å². The molecule has 1 aromatic heterocycles. The Morgan fingerprint density at radius 3 is 2.69 bits per heavy atom. The maximum atomic E-state index is 3.72. The fourth-order valence-corrected chi connectivity index (χ4v) is 2.41. The SMILES string of the molecule is C=CCc1csc(Br)[n+]1CC=C.[Br-]. The molecule has 0 atom stereocenters. The van der Waals surface area contributed by atoms with Crippen LogP contribution in [0, 0.1) is 0 Å². The van der Waals surface area contributed by atoms with Gasteiger partial charge < -0.3 is 17.0 Å². The zero-order chi connectivity index (χ0) is 8.97. The average molecular weight is 325 g/mol. The first-order chi connectivity index (χ1) is 5.79. The molecule has 0 saturated heterocycles. The molecule has 0 unspecified atom stereocenters. The summed E-state index contributed by atoms with van der Waals surface area (Å²) in [5.74, 6) is 0. The van der Waals surface area contributed by atoms with E-state index in [2.05, 4.69) is 39.0 Å². The molecule has 0 aliphatic rings. The van der Waals surface area contributed by atoms with Gasteiger partial charge in [0.05, 0.1) is 11.8 Å². The molecule has 1 rings (SSSR count). The number of thiazole rings is 1. The number of rotatable bonds is 4.